The van der Waals surface area contributed by atoms with Gasteiger partial charge >= 0.3 is 5.97 Å². The van der Waals surface area contributed by atoms with Crippen LogP contribution in [-0.2, 0) is 11.2 Å². The third-order valence-corrected chi connectivity index (χ3v) is 4.05. The highest BCUT2D eigenvalue weighted by Crippen LogP contribution is 2.39. The molecule has 2 aromatic rings. The fourth-order valence-electron chi connectivity index (χ4n) is 1.60. The van der Waals surface area contributed by atoms with E-state index in [-0.39, 0.29) is 12.2 Å². The number of hydrogen-bond donors (Lipinski definition) is 2. The van der Waals surface area contributed by atoms with Gasteiger partial charge in [0.05, 0.1) is 16.3 Å². The van der Waals surface area contributed by atoms with Crippen LogP contribution in [0.15, 0.2) is 52.3 Å². The van der Waals surface area contributed by atoms with E-state index in [2.05, 4.69) is 0 Å². The highest BCUT2D eigenvalue weighted by atomic mass is 35.5. The first-order valence-corrected chi connectivity index (χ1v) is 6.72. The fourth-order valence-corrected chi connectivity index (χ4v) is 2.78. The predicted octanol–water partition coefficient (Wildman–Crippen LogP) is 3.82. The number of carboxylic acids is 1. The van der Waals surface area contributed by atoms with Crippen molar-refractivity contribution >= 4 is 29.3 Å². The van der Waals surface area contributed by atoms with Crippen molar-refractivity contribution in [1.29, 1.82) is 0 Å². The lowest BCUT2D eigenvalue weighted by Gasteiger charge is -2.09. The van der Waals surface area contributed by atoms with Crippen molar-refractivity contribution in [2.45, 2.75) is 16.2 Å². The van der Waals surface area contributed by atoms with Crippen LogP contribution in [0.5, 0.6) is 5.75 Å². The molecule has 0 aliphatic carbocycles. The standard InChI is InChI=1S/C14H11ClO3S/c15-10-5-1-2-6-11(10)19-12-7-3-4-9(14(12)18)8-13(16)17/h1-7,18H,8H2,(H,16,17). The maximum Gasteiger partial charge on any atom is 0.307 e. The molecule has 0 fully saturated rings. The number of phenols is 1. The Morgan fingerprint density at radius 1 is 1.11 bits per heavy atom. The summed E-state index contributed by atoms with van der Waals surface area (Å²) in [5.74, 6) is -0.981. The van der Waals surface area contributed by atoms with E-state index in [1.807, 2.05) is 18.2 Å². The van der Waals surface area contributed by atoms with Crippen molar-refractivity contribution < 1.29 is 15.0 Å². The van der Waals surface area contributed by atoms with Gasteiger partial charge in [-0.1, -0.05) is 47.6 Å². The van der Waals surface area contributed by atoms with Gasteiger partial charge in [0.15, 0.2) is 0 Å². The molecule has 0 saturated heterocycles. The molecule has 98 valence electrons. The average molecular weight is 295 g/mol. The predicted molar refractivity (Wildman–Crippen MR) is 75.0 cm³/mol. The molecule has 0 radical (unpaired) electrons. The number of carboxylic acid groups (broad SMARTS) is 1. The molecule has 0 aromatic heterocycles. The van der Waals surface area contributed by atoms with Gasteiger partial charge in [0, 0.05) is 10.5 Å². The molecule has 0 unspecified atom stereocenters. The topological polar surface area (TPSA) is 57.5 Å². The van der Waals surface area contributed by atoms with E-state index < -0.39 is 5.97 Å². The molecule has 0 amide bonds. The zero-order chi connectivity index (χ0) is 13.8. The summed E-state index contributed by atoms with van der Waals surface area (Å²) in [4.78, 5) is 12.1. The number of rotatable bonds is 4. The van der Waals surface area contributed by atoms with Crippen LogP contribution in [0.3, 0.4) is 0 Å². The van der Waals surface area contributed by atoms with Crippen LogP contribution in [0.4, 0.5) is 0 Å². The van der Waals surface area contributed by atoms with Crippen molar-refractivity contribution in [2.75, 3.05) is 0 Å². The lowest BCUT2D eigenvalue weighted by Crippen LogP contribution is -2.00. The minimum atomic E-state index is -0.977. The number of carbonyl (C=O) groups is 1. The van der Waals surface area contributed by atoms with Crippen LogP contribution in [0.1, 0.15) is 5.56 Å². The normalized spacial score (nSPS) is 10.4. The molecule has 2 N–H and O–H groups in total. The van der Waals surface area contributed by atoms with Gasteiger partial charge in [-0.2, -0.15) is 0 Å². The summed E-state index contributed by atoms with van der Waals surface area (Å²) in [5.41, 5.74) is 0.393. The van der Waals surface area contributed by atoms with Crippen LogP contribution in [0, 0.1) is 0 Å². The quantitative estimate of drug-likeness (QED) is 0.900. The summed E-state index contributed by atoms with van der Waals surface area (Å²) in [6, 6.07) is 12.3. The zero-order valence-corrected chi connectivity index (χ0v) is 11.4. The lowest BCUT2D eigenvalue weighted by atomic mass is 10.1. The molecule has 0 atom stereocenters. The molecule has 2 aromatic carbocycles. The summed E-state index contributed by atoms with van der Waals surface area (Å²) in [6.45, 7) is 0. The lowest BCUT2D eigenvalue weighted by molar-refractivity contribution is -0.136. The van der Waals surface area contributed by atoms with Crippen molar-refractivity contribution in [3.8, 4) is 5.75 Å². The van der Waals surface area contributed by atoms with E-state index in [0.717, 1.165) is 4.90 Å². The molecular weight excluding hydrogens is 284 g/mol. The first-order chi connectivity index (χ1) is 9.08. The van der Waals surface area contributed by atoms with Gasteiger partial charge < -0.3 is 10.2 Å². The van der Waals surface area contributed by atoms with E-state index in [1.165, 1.54) is 11.8 Å². The van der Waals surface area contributed by atoms with Gasteiger partial charge in [-0.05, 0) is 18.2 Å². The maximum absolute atomic E-state index is 10.7. The Hall–Kier alpha value is -1.65. The summed E-state index contributed by atoms with van der Waals surface area (Å²) < 4.78 is 0. The number of para-hydroxylation sites is 1. The highest BCUT2D eigenvalue weighted by Gasteiger charge is 2.12. The van der Waals surface area contributed by atoms with E-state index in [9.17, 15) is 9.90 Å². The van der Waals surface area contributed by atoms with Gasteiger partial charge in [-0.3, -0.25) is 4.79 Å². The third kappa shape index (κ3) is 3.43. The average Bonchev–Trinajstić information content (AvgIpc) is 2.36. The molecule has 0 aliphatic heterocycles. The number of halogens is 1. The Labute approximate surface area is 119 Å². The Kier molecular flexibility index (Phi) is 4.35. The Morgan fingerprint density at radius 2 is 1.79 bits per heavy atom. The number of phenolic OH excluding ortho intramolecular Hbond substituents is 1. The zero-order valence-electron chi connectivity index (χ0n) is 9.84. The number of aliphatic carboxylic acids is 1. The fraction of sp³-hybridized carbons (Fsp3) is 0.0714. The summed E-state index contributed by atoms with van der Waals surface area (Å²) in [7, 11) is 0. The van der Waals surface area contributed by atoms with Crippen molar-refractivity contribution in [2.24, 2.45) is 0 Å². The summed E-state index contributed by atoms with van der Waals surface area (Å²) in [5, 5.41) is 19.4. The van der Waals surface area contributed by atoms with Crippen LogP contribution >= 0.6 is 23.4 Å². The van der Waals surface area contributed by atoms with Gasteiger partial charge in [-0.25, -0.2) is 0 Å². The van der Waals surface area contributed by atoms with Crippen LogP contribution in [-0.4, -0.2) is 16.2 Å². The number of hydrogen-bond acceptors (Lipinski definition) is 3. The van der Waals surface area contributed by atoms with E-state index in [1.54, 1.807) is 24.3 Å². The number of benzene rings is 2. The molecule has 0 bridgehead atoms. The summed E-state index contributed by atoms with van der Waals surface area (Å²) >= 11 is 7.36. The highest BCUT2D eigenvalue weighted by molar-refractivity contribution is 7.99. The molecule has 3 nitrogen and oxygen atoms in total. The molecule has 0 aliphatic rings. The Morgan fingerprint density at radius 3 is 2.47 bits per heavy atom. The second-order valence-corrected chi connectivity index (χ2v) is 5.36. The molecule has 0 spiro atoms. The van der Waals surface area contributed by atoms with E-state index in [0.29, 0.717) is 15.5 Å². The second-order valence-electron chi connectivity index (χ2n) is 3.87. The van der Waals surface area contributed by atoms with Crippen LogP contribution in [0.2, 0.25) is 5.02 Å². The monoisotopic (exact) mass is 294 g/mol. The van der Waals surface area contributed by atoms with Gasteiger partial charge in [0.25, 0.3) is 0 Å². The van der Waals surface area contributed by atoms with Crippen LogP contribution < -0.4 is 0 Å². The van der Waals surface area contributed by atoms with Gasteiger partial charge in [0.1, 0.15) is 5.75 Å². The van der Waals surface area contributed by atoms with Crippen molar-refractivity contribution in [3.63, 3.8) is 0 Å². The van der Waals surface area contributed by atoms with E-state index >= 15 is 0 Å². The molecule has 0 heterocycles. The molecule has 0 saturated carbocycles. The minimum Gasteiger partial charge on any atom is -0.506 e. The Bertz CT molecular complexity index is 613. The molecule has 19 heavy (non-hydrogen) atoms. The first-order valence-electron chi connectivity index (χ1n) is 5.53. The smallest absolute Gasteiger partial charge is 0.307 e. The van der Waals surface area contributed by atoms with E-state index in [4.69, 9.17) is 16.7 Å². The van der Waals surface area contributed by atoms with Crippen molar-refractivity contribution in [3.05, 3.63) is 53.1 Å². The second kappa shape index (κ2) is 5.99. The van der Waals surface area contributed by atoms with Gasteiger partial charge in [0.2, 0.25) is 0 Å². The van der Waals surface area contributed by atoms with Crippen molar-refractivity contribution in [1.82, 2.24) is 0 Å². The first kappa shape index (κ1) is 13.8. The molecular formula is C14H11ClO3S. The summed E-state index contributed by atoms with van der Waals surface area (Å²) in [6.07, 6.45) is -0.206. The van der Waals surface area contributed by atoms with Crippen LogP contribution in [0.25, 0.3) is 0 Å². The minimum absolute atomic E-state index is 0.00480. The molecule has 2 rings (SSSR count). The number of aromatic hydroxyl groups is 1. The largest absolute Gasteiger partial charge is 0.506 e. The molecule has 5 heteroatoms. The SMILES string of the molecule is O=C(O)Cc1cccc(Sc2ccccc2Cl)c1O. The Balaban J connectivity index is 2.31. The maximum atomic E-state index is 10.7. The third-order valence-electron chi connectivity index (χ3n) is 2.48. The van der Waals surface area contributed by atoms with Gasteiger partial charge in [-0.15, -0.1) is 0 Å².